The van der Waals surface area contributed by atoms with E-state index in [0.29, 0.717) is 18.1 Å². The summed E-state index contributed by atoms with van der Waals surface area (Å²) < 4.78 is 10.1. The summed E-state index contributed by atoms with van der Waals surface area (Å²) in [6.45, 7) is 3.18. The molecule has 0 radical (unpaired) electrons. The van der Waals surface area contributed by atoms with Crippen molar-refractivity contribution in [3.63, 3.8) is 0 Å². The van der Waals surface area contributed by atoms with E-state index in [9.17, 15) is 5.11 Å². The summed E-state index contributed by atoms with van der Waals surface area (Å²) in [5.74, 6) is 1.15. The van der Waals surface area contributed by atoms with Crippen LogP contribution in [0.2, 0.25) is 0 Å². The van der Waals surface area contributed by atoms with Crippen LogP contribution in [0.5, 0.6) is 0 Å². The topological polar surface area (TPSA) is 74.9 Å². The Hall–Kier alpha value is -1.02. The molecule has 0 saturated carbocycles. The summed E-state index contributed by atoms with van der Waals surface area (Å²) in [6, 6.07) is 0.149. The fraction of sp³-hybridized carbons (Fsp3) is 0.833. The second kappa shape index (κ2) is 6.42. The average molecular weight is 270 g/mol. The van der Waals surface area contributed by atoms with Crippen LogP contribution in [-0.4, -0.2) is 78.6 Å². The van der Waals surface area contributed by atoms with Crippen molar-refractivity contribution in [2.75, 3.05) is 47.4 Å². The number of ether oxygens (including phenoxy) is 1. The molecule has 19 heavy (non-hydrogen) atoms. The Morgan fingerprint density at radius 3 is 3.00 bits per heavy atom. The zero-order chi connectivity index (χ0) is 13.8. The zero-order valence-corrected chi connectivity index (χ0v) is 11.7. The van der Waals surface area contributed by atoms with Gasteiger partial charge in [0.15, 0.2) is 5.82 Å². The van der Waals surface area contributed by atoms with Crippen LogP contribution in [0.3, 0.4) is 0 Å². The molecule has 1 aromatic heterocycles. The van der Waals surface area contributed by atoms with Gasteiger partial charge in [0.05, 0.1) is 25.2 Å². The largest absolute Gasteiger partial charge is 0.390 e. The molecule has 0 bridgehead atoms. The normalized spacial score (nSPS) is 23.7. The van der Waals surface area contributed by atoms with Gasteiger partial charge in [-0.1, -0.05) is 5.16 Å². The highest BCUT2D eigenvalue weighted by Gasteiger charge is 2.28. The highest BCUT2D eigenvalue weighted by molar-refractivity contribution is 4.98. The minimum atomic E-state index is -0.606. The zero-order valence-electron chi connectivity index (χ0n) is 11.7. The van der Waals surface area contributed by atoms with Gasteiger partial charge in [0.1, 0.15) is 0 Å². The molecule has 0 aliphatic carbocycles. The van der Waals surface area contributed by atoms with Gasteiger partial charge in [-0.3, -0.25) is 4.90 Å². The van der Waals surface area contributed by atoms with Crippen molar-refractivity contribution in [2.45, 2.75) is 18.6 Å². The number of methoxy groups -OCH3 is 1. The molecule has 108 valence electrons. The van der Waals surface area contributed by atoms with E-state index in [1.807, 2.05) is 0 Å². The molecular weight excluding hydrogens is 248 g/mol. The fourth-order valence-electron chi connectivity index (χ4n) is 2.23. The van der Waals surface area contributed by atoms with Gasteiger partial charge >= 0.3 is 0 Å². The van der Waals surface area contributed by atoms with Crippen LogP contribution in [0.15, 0.2) is 4.52 Å². The Labute approximate surface area is 113 Å². The molecule has 2 rings (SSSR count). The summed E-state index contributed by atoms with van der Waals surface area (Å²) in [7, 11) is 5.70. The van der Waals surface area contributed by atoms with Gasteiger partial charge in [0.2, 0.25) is 5.89 Å². The van der Waals surface area contributed by atoms with Crippen molar-refractivity contribution in [1.29, 1.82) is 0 Å². The number of likely N-dealkylation sites (N-methyl/N-ethyl adjacent to an activating group) is 2. The Bertz CT molecular complexity index is 398. The minimum absolute atomic E-state index is 0.149. The maximum atomic E-state index is 9.64. The average Bonchev–Trinajstić information content (AvgIpc) is 2.81. The maximum absolute atomic E-state index is 9.64. The SMILES string of the molecule is COCC(O)Cc1nc(C2CN(C)CCN2C)no1. The lowest BCUT2D eigenvalue weighted by Gasteiger charge is -2.35. The maximum Gasteiger partial charge on any atom is 0.229 e. The van der Waals surface area contributed by atoms with Crippen LogP contribution >= 0.6 is 0 Å². The predicted octanol–water partition coefficient (Wildman–Crippen LogP) is -0.462. The first kappa shape index (κ1) is 14.4. The molecule has 1 fully saturated rings. The third-order valence-corrected chi connectivity index (χ3v) is 3.40. The third kappa shape index (κ3) is 3.73. The highest BCUT2D eigenvalue weighted by atomic mass is 16.5. The quantitative estimate of drug-likeness (QED) is 0.775. The van der Waals surface area contributed by atoms with E-state index in [0.717, 1.165) is 19.6 Å². The molecule has 7 heteroatoms. The summed E-state index contributed by atoms with van der Waals surface area (Å²) >= 11 is 0. The van der Waals surface area contributed by atoms with E-state index < -0.39 is 6.10 Å². The van der Waals surface area contributed by atoms with E-state index in [4.69, 9.17) is 9.26 Å². The van der Waals surface area contributed by atoms with Crippen LogP contribution < -0.4 is 0 Å². The van der Waals surface area contributed by atoms with Crippen molar-refractivity contribution < 1.29 is 14.4 Å². The lowest BCUT2D eigenvalue weighted by atomic mass is 10.2. The molecule has 0 aromatic carbocycles. The molecule has 1 saturated heterocycles. The van der Waals surface area contributed by atoms with Crippen molar-refractivity contribution >= 4 is 0 Å². The van der Waals surface area contributed by atoms with Gasteiger partial charge in [-0.25, -0.2) is 0 Å². The minimum Gasteiger partial charge on any atom is -0.390 e. The number of aliphatic hydroxyl groups is 1. The predicted molar refractivity (Wildman–Crippen MR) is 68.8 cm³/mol. The molecule has 0 spiro atoms. The van der Waals surface area contributed by atoms with Crippen molar-refractivity contribution in [1.82, 2.24) is 19.9 Å². The number of hydrogen-bond acceptors (Lipinski definition) is 7. The van der Waals surface area contributed by atoms with Crippen molar-refractivity contribution in [3.8, 4) is 0 Å². The summed E-state index contributed by atoms with van der Waals surface area (Å²) in [5.41, 5.74) is 0. The van der Waals surface area contributed by atoms with E-state index >= 15 is 0 Å². The lowest BCUT2D eigenvalue weighted by Crippen LogP contribution is -2.45. The molecule has 0 amide bonds. The van der Waals surface area contributed by atoms with Crippen LogP contribution in [0.25, 0.3) is 0 Å². The smallest absolute Gasteiger partial charge is 0.229 e. The number of rotatable bonds is 5. The Morgan fingerprint density at radius 1 is 1.47 bits per heavy atom. The molecule has 1 aromatic rings. The van der Waals surface area contributed by atoms with Crippen molar-refractivity contribution in [3.05, 3.63) is 11.7 Å². The molecular formula is C12H22N4O3. The Balaban J connectivity index is 1.99. The molecule has 2 heterocycles. The number of aromatic nitrogens is 2. The van der Waals surface area contributed by atoms with Crippen LogP contribution in [0.1, 0.15) is 17.8 Å². The van der Waals surface area contributed by atoms with Crippen LogP contribution in [0.4, 0.5) is 0 Å². The molecule has 7 nitrogen and oxygen atoms in total. The molecule has 1 aliphatic heterocycles. The number of nitrogens with zero attached hydrogens (tertiary/aromatic N) is 4. The van der Waals surface area contributed by atoms with Gasteiger partial charge in [-0.2, -0.15) is 4.98 Å². The van der Waals surface area contributed by atoms with Gasteiger partial charge in [-0.15, -0.1) is 0 Å². The third-order valence-electron chi connectivity index (χ3n) is 3.40. The molecule has 2 atom stereocenters. The van der Waals surface area contributed by atoms with E-state index in [1.54, 1.807) is 7.11 Å². The van der Waals surface area contributed by atoms with Gasteiger partial charge in [0.25, 0.3) is 0 Å². The number of aliphatic hydroxyl groups excluding tert-OH is 1. The Kier molecular flexibility index (Phi) is 4.87. The highest BCUT2D eigenvalue weighted by Crippen LogP contribution is 2.21. The van der Waals surface area contributed by atoms with Gasteiger partial charge < -0.3 is 19.3 Å². The first-order chi connectivity index (χ1) is 9.10. The standard InChI is InChI=1S/C12H22N4O3/c1-15-4-5-16(2)10(7-15)12-13-11(19-14-12)6-9(17)8-18-3/h9-10,17H,4-8H2,1-3H3. The number of hydrogen-bond donors (Lipinski definition) is 1. The molecule has 2 unspecified atom stereocenters. The van der Waals surface area contributed by atoms with Gasteiger partial charge in [-0.05, 0) is 14.1 Å². The van der Waals surface area contributed by atoms with E-state index in [-0.39, 0.29) is 12.6 Å². The summed E-state index contributed by atoms with van der Waals surface area (Å²) in [6.07, 6.45) is -0.280. The van der Waals surface area contributed by atoms with E-state index in [1.165, 1.54) is 0 Å². The Morgan fingerprint density at radius 2 is 2.26 bits per heavy atom. The summed E-state index contributed by atoms with van der Waals surface area (Å²) in [4.78, 5) is 8.85. The second-order valence-corrected chi connectivity index (χ2v) is 5.12. The lowest BCUT2D eigenvalue weighted by molar-refractivity contribution is 0.0599. The first-order valence-electron chi connectivity index (χ1n) is 6.48. The first-order valence-corrected chi connectivity index (χ1v) is 6.48. The van der Waals surface area contributed by atoms with Gasteiger partial charge in [0, 0.05) is 26.7 Å². The van der Waals surface area contributed by atoms with E-state index in [2.05, 4.69) is 34.0 Å². The molecule has 1 aliphatic rings. The second-order valence-electron chi connectivity index (χ2n) is 5.12. The van der Waals surface area contributed by atoms with Crippen LogP contribution in [0, 0.1) is 0 Å². The monoisotopic (exact) mass is 270 g/mol. The summed E-state index contributed by atoms with van der Waals surface area (Å²) in [5, 5.41) is 13.7. The van der Waals surface area contributed by atoms with Crippen LogP contribution in [-0.2, 0) is 11.2 Å². The van der Waals surface area contributed by atoms with Crippen molar-refractivity contribution in [2.24, 2.45) is 0 Å². The molecule has 1 N–H and O–H groups in total. The fourth-order valence-corrected chi connectivity index (χ4v) is 2.23. The number of piperazine rings is 1.